The van der Waals surface area contributed by atoms with Crippen molar-refractivity contribution in [3.8, 4) is 0 Å². The van der Waals surface area contributed by atoms with Gasteiger partial charge in [-0.2, -0.15) is 0 Å². The lowest BCUT2D eigenvalue weighted by atomic mass is 9.81. The molecule has 0 spiro atoms. The van der Waals surface area contributed by atoms with Gasteiger partial charge in [-0.15, -0.1) is 0 Å². The summed E-state index contributed by atoms with van der Waals surface area (Å²) in [7, 11) is -2.63. The fourth-order valence-electron chi connectivity index (χ4n) is 11.3. The van der Waals surface area contributed by atoms with Gasteiger partial charge in [-0.3, -0.25) is 19.2 Å². The number of imide groups is 2. The Morgan fingerprint density at radius 3 is 1.05 bits per heavy atom. The minimum Gasteiger partial charge on any atom is -0.268 e. The van der Waals surface area contributed by atoms with Crippen LogP contribution < -0.4 is 20.2 Å². The van der Waals surface area contributed by atoms with Crippen LogP contribution in [0.5, 0.6) is 0 Å². The number of carbonyl (C=O) groups excluding carboxylic acids is 4. The van der Waals surface area contributed by atoms with E-state index in [9.17, 15) is 9.59 Å². The summed E-state index contributed by atoms with van der Waals surface area (Å²) in [6, 6.07) is 26.2. The van der Waals surface area contributed by atoms with Crippen LogP contribution in [0.4, 0.5) is 11.4 Å². The van der Waals surface area contributed by atoms with Gasteiger partial charge < -0.3 is 0 Å². The number of fused-ring (bicyclic) bond motifs is 1. The molecule has 296 valence electrons. The van der Waals surface area contributed by atoms with Crippen molar-refractivity contribution in [3.05, 3.63) is 117 Å². The highest BCUT2D eigenvalue weighted by molar-refractivity contribution is 7.07. The molecule has 7 heteroatoms. The topological polar surface area (TPSA) is 74.8 Å². The van der Waals surface area contributed by atoms with E-state index in [0.29, 0.717) is 44.4 Å². The summed E-state index contributed by atoms with van der Waals surface area (Å²) in [5.41, 5.74) is 7.51. The fourth-order valence-corrected chi connectivity index (χ4v) is 15.9. The van der Waals surface area contributed by atoms with Crippen molar-refractivity contribution in [2.45, 2.75) is 105 Å². The molecule has 7 aromatic carbocycles. The van der Waals surface area contributed by atoms with E-state index in [0.717, 1.165) is 66.7 Å². The fraction of sp³-hybridized carbons (Fsp3) is 0.308. The Hall–Kier alpha value is -5.66. The summed E-state index contributed by atoms with van der Waals surface area (Å²) < 4.78 is 0. The Morgan fingerprint density at radius 1 is 0.424 bits per heavy atom. The van der Waals surface area contributed by atoms with Crippen molar-refractivity contribution in [2.24, 2.45) is 0 Å². The van der Waals surface area contributed by atoms with Crippen LogP contribution in [0.3, 0.4) is 0 Å². The Bertz CT molecular complexity index is 2820. The second-order valence-electron chi connectivity index (χ2n) is 18.4. The molecule has 4 amide bonds. The van der Waals surface area contributed by atoms with E-state index in [2.05, 4.69) is 81.4 Å². The number of rotatable bonds is 8. The average Bonchev–Trinajstić information content (AvgIpc) is 3.50. The lowest BCUT2D eigenvalue weighted by Gasteiger charge is -2.34. The monoisotopic (exact) mass is 794 g/mol. The van der Waals surface area contributed by atoms with Crippen LogP contribution in [0.1, 0.15) is 157 Å². The lowest BCUT2D eigenvalue weighted by molar-refractivity contribution is 0.0877. The van der Waals surface area contributed by atoms with Gasteiger partial charge in [0.05, 0.1) is 11.4 Å². The number of hydrogen-bond acceptors (Lipinski definition) is 4. The van der Waals surface area contributed by atoms with E-state index in [4.69, 9.17) is 0 Å². The molecule has 0 N–H and O–H groups in total. The van der Waals surface area contributed by atoms with Gasteiger partial charge in [-0.05, 0) is 113 Å². The lowest BCUT2D eigenvalue weighted by Crippen LogP contribution is -2.55. The molecule has 7 aromatic rings. The van der Waals surface area contributed by atoms with Gasteiger partial charge in [-0.25, -0.2) is 9.80 Å². The molecule has 0 aliphatic carbocycles. The van der Waals surface area contributed by atoms with Gasteiger partial charge in [0, 0.05) is 33.0 Å². The molecule has 0 aromatic heterocycles. The predicted molar refractivity (Wildman–Crippen MR) is 245 cm³/mol. The number of nitrogens with zero attached hydrogens (tertiary/aromatic N) is 2. The molecule has 3 heterocycles. The SMILES string of the molecule is CC[Si]1(CC)c2cc3c4c(ccc5c6ccc7c8c(cc1c(c2c45)c86)C(=O)N(c1c(C(C)C)cccc1C(C)C)C7=O)C(=O)N(c1c(C(C)C)cccc1C(C)C)C3=O. The highest BCUT2D eigenvalue weighted by Crippen LogP contribution is 2.51. The number of carbonyl (C=O) groups is 4. The molecule has 0 bridgehead atoms. The normalized spacial score (nSPS) is 15.9. The minimum atomic E-state index is -2.63. The van der Waals surface area contributed by atoms with Crippen molar-refractivity contribution >= 4 is 96.5 Å². The average molecular weight is 795 g/mol. The molecule has 10 rings (SSSR count). The first-order valence-corrected chi connectivity index (χ1v) is 23.9. The highest BCUT2D eigenvalue weighted by atomic mass is 28.3. The molecule has 0 atom stereocenters. The first-order chi connectivity index (χ1) is 28.2. The van der Waals surface area contributed by atoms with Crippen molar-refractivity contribution in [2.75, 3.05) is 9.80 Å². The molecule has 59 heavy (non-hydrogen) atoms. The molecular weight excluding hydrogens is 745 g/mol. The Balaban J connectivity index is 1.30. The number of amides is 4. The third-order valence-corrected chi connectivity index (χ3v) is 19.5. The van der Waals surface area contributed by atoms with Gasteiger partial charge in [0.15, 0.2) is 0 Å². The third-order valence-electron chi connectivity index (χ3n) is 14.2. The Morgan fingerprint density at radius 2 is 0.746 bits per heavy atom. The van der Waals surface area contributed by atoms with Gasteiger partial charge >= 0.3 is 0 Å². The van der Waals surface area contributed by atoms with E-state index in [1.165, 1.54) is 20.2 Å². The maximum atomic E-state index is 15.3. The zero-order chi connectivity index (χ0) is 41.7. The summed E-state index contributed by atoms with van der Waals surface area (Å²) in [5.74, 6) is -0.793. The summed E-state index contributed by atoms with van der Waals surface area (Å²) in [6.45, 7) is 21.4. The van der Waals surface area contributed by atoms with Gasteiger partial charge in [0.25, 0.3) is 23.6 Å². The van der Waals surface area contributed by atoms with E-state index < -0.39 is 8.07 Å². The van der Waals surface area contributed by atoms with Crippen LogP contribution in [-0.2, 0) is 0 Å². The molecule has 0 radical (unpaired) electrons. The van der Waals surface area contributed by atoms with E-state index >= 15 is 9.59 Å². The van der Waals surface area contributed by atoms with E-state index in [-0.39, 0.29) is 47.3 Å². The first kappa shape index (κ1) is 37.6. The Kier molecular flexibility index (Phi) is 8.07. The standard InChI is InChI=1S/C52H50N2O4Si/c1-11-59(12-2)39-23-37-41-35(49(55)53(51(37)57)47-29(25(3)4)15-13-16-30(47)26(5)6)21-19-33-34-20-22-36-42-38(24-40(59)46(44(34)42)45(39)43(33)41)52(58)54(50(36)56)48-31(27(7)8)17-14-18-32(48)28(9)10/h13-28H,11-12H2,1-10H3. The van der Waals surface area contributed by atoms with Crippen LogP contribution in [-0.4, -0.2) is 31.7 Å². The van der Waals surface area contributed by atoms with Crippen LogP contribution in [0.2, 0.25) is 12.1 Å². The van der Waals surface area contributed by atoms with Crippen molar-refractivity contribution < 1.29 is 19.2 Å². The quantitative estimate of drug-likeness (QED) is 0.0664. The second-order valence-corrected chi connectivity index (χ2v) is 23.0. The molecule has 6 nitrogen and oxygen atoms in total. The maximum absolute atomic E-state index is 15.3. The molecule has 3 aliphatic rings. The van der Waals surface area contributed by atoms with Crippen molar-refractivity contribution in [3.63, 3.8) is 0 Å². The summed E-state index contributed by atoms with van der Waals surface area (Å²) in [4.78, 5) is 63.6. The van der Waals surface area contributed by atoms with Crippen LogP contribution in [0.15, 0.2) is 72.8 Å². The zero-order valence-corrected chi connectivity index (χ0v) is 36.7. The zero-order valence-electron chi connectivity index (χ0n) is 35.7. The maximum Gasteiger partial charge on any atom is 0.266 e. The van der Waals surface area contributed by atoms with Crippen LogP contribution >= 0.6 is 0 Å². The van der Waals surface area contributed by atoms with Crippen molar-refractivity contribution in [1.29, 1.82) is 0 Å². The number of anilines is 2. The molecule has 3 aliphatic heterocycles. The van der Waals surface area contributed by atoms with E-state index in [1.807, 2.05) is 60.7 Å². The highest BCUT2D eigenvalue weighted by Gasteiger charge is 2.48. The molecule has 0 unspecified atom stereocenters. The first-order valence-electron chi connectivity index (χ1n) is 21.5. The third kappa shape index (κ3) is 4.57. The summed E-state index contributed by atoms with van der Waals surface area (Å²) in [5, 5.41) is 9.79. The molecule has 0 fully saturated rings. The largest absolute Gasteiger partial charge is 0.268 e. The van der Waals surface area contributed by atoms with Crippen molar-refractivity contribution in [1.82, 2.24) is 0 Å². The molecule has 0 saturated heterocycles. The summed E-state index contributed by atoms with van der Waals surface area (Å²) in [6.07, 6.45) is 0. The molecular formula is C52H50N2O4Si. The number of benzene rings is 7. The smallest absolute Gasteiger partial charge is 0.266 e. The van der Waals surface area contributed by atoms with Crippen LogP contribution in [0, 0.1) is 0 Å². The number of para-hydroxylation sites is 2. The second kappa shape index (κ2) is 12.7. The minimum absolute atomic E-state index is 0.0930. The van der Waals surface area contributed by atoms with Gasteiger partial charge in [-0.1, -0.05) is 130 Å². The predicted octanol–water partition coefficient (Wildman–Crippen LogP) is 11.7. The Labute approximate surface area is 346 Å². The van der Waals surface area contributed by atoms with Gasteiger partial charge in [0.2, 0.25) is 0 Å². The van der Waals surface area contributed by atoms with Crippen LogP contribution in [0.25, 0.3) is 43.1 Å². The van der Waals surface area contributed by atoms with Gasteiger partial charge in [0.1, 0.15) is 8.07 Å². The number of hydrogen-bond donors (Lipinski definition) is 0. The summed E-state index contributed by atoms with van der Waals surface area (Å²) >= 11 is 0. The van der Waals surface area contributed by atoms with E-state index in [1.54, 1.807) is 0 Å². The molecule has 0 saturated carbocycles.